The highest BCUT2D eigenvalue weighted by molar-refractivity contribution is 5.99. The summed E-state index contributed by atoms with van der Waals surface area (Å²) in [7, 11) is 5.65. The third-order valence-electron chi connectivity index (χ3n) is 6.38. The summed E-state index contributed by atoms with van der Waals surface area (Å²) in [6, 6.07) is 10.3. The van der Waals surface area contributed by atoms with Crippen LogP contribution in [0.5, 0.6) is 5.75 Å². The highest BCUT2D eigenvalue weighted by Crippen LogP contribution is 2.36. The molecule has 0 unspecified atom stereocenters. The molecule has 0 radical (unpaired) electrons. The topological polar surface area (TPSA) is 56.2 Å². The average Bonchev–Trinajstić information content (AvgIpc) is 2.80. The van der Waals surface area contributed by atoms with Crippen molar-refractivity contribution in [3.05, 3.63) is 59.2 Å². The maximum atomic E-state index is 13.4. The Morgan fingerprint density at radius 3 is 2.37 bits per heavy atom. The lowest BCUT2D eigenvalue weighted by atomic mass is 9.98. The van der Waals surface area contributed by atoms with Gasteiger partial charge in [-0.15, -0.1) is 0 Å². The van der Waals surface area contributed by atoms with E-state index in [9.17, 15) is 23.1 Å². The van der Waals surface area contributed by atoms with Gasteiger partial charge in [-0.2, -0.15) is 13.2 Å². The average molecular weight is 494 g/mol. The number of para-hydroxylation sites is 1. The third-order valence-corrected chi connectivity index (χ3v) is 6.38. The summed E-state index contributed by atoms with van der Waals surface area (Å²) >= 11 is 0. The number of anilines is 1. The molecule has 0 saturated carbocycles. The number of alkyl halides is 3. The number of hydrogen-bond acceptors (Lipinski definition) is 5. The maximum Gasteiger partial charge on any atom is 0.416 e. The summed E-state index contributed by atoms with van der Waals surface area (Å²) in [5, 5.41) is 9.78. The molecule has 2 aromatic rings. The number of nitrogens with zero attached hydrogens (tertiary/aromatic N) is 3. The number of amides is 1. The molecule has 3 atom stereocenters. The maximum absolute atomic E-state index is 13.4. The van der Waals surface area contributed by atoms with Crippen LogP contribution in [0.2, 0.25) is 0 Å². The summed E-state index contributed by atoms with van der Waals surface area (Å²) in [5.74, 6) is 0.247. The minimum atomic E-state index is -4.36. The van der Waals surface area contributed by atoms with Crippen molar-refractivity contribution < 1.29 is 27.8 Å². The van der Waals surface area contributed by atoms with E-state index in [2.05, 4.69) is 0 Å². The lowest BCUT2D eigenvalue weighted by molar-refractivity contribution is -0.137. The zero-order chi connectivity index (χ0) is 25.9. The van der Waals surface area contributed by atoms with Crippen LogP contribution in [0, 0.1) is 5.92 Å². The quantitative estimate of drug-likeness (QED) is 0.629. The molecule has 0 bridgehead atoms. The first-order valence-electron chi connectivity index (χ1n) is 11.7. The molecule has 1 aliphatic rings. The molecule has 0 fully saturated rings. The van der Waals surface area contributed by atoms with Crippen LogP contribution in [-0.2, 0) is 12.7 Å². The number of likely N-dealkylation sites (N-methyl/N-ethyl adjacent to an activating group) is 1. The fourth-order valence-electron chi connectivity index (χ4n) is 4.28. The van der Waals surface area contributed by atoms with E-state index in [0.717, 1.165) is 23.4 Å². The molecule has 192 valence electrons. The van der Waals surface area contributed by atoms with Crippen molar-refractivity contribution in [1.29, 1.82) is 0 Å². The van der Waals surface area contributed by atoms with E-state index < -0.39 is 11.7 Å². The minimum absolute atomic E-state index is 0.0635. The van der Waals surface area contributed by atoms with E-state index in [-0.39, 0.29) is 30.6 Å². The Labute approximate surface area is 204 Å². The predicted molar refractivity (Wildman–Crippen MR) is 130 cm³/mol. The number of carbonyl (C=O) groups is 1. The molecular formula is C26H34F3N3O3. The number of hydrogen-bond donors (Lipinski definition) is 1. The Morgan fingerprint density at radius 2 is 1.80 bits per heavy atom. The molecule has 0 aliphatic carbocycles. The summed E-state index contributed by atoms with van der Waals surface area (Å²) in [5.41, 5.74) is 1.31. The van der Waals surface area contributed by atoms with Crippen LogP contribution in [0.4, 0.5) is 18.9 Å². The Balaban J connectivity index is 1.87. The van der Waals surface area contributed by atoms with Gasteiger partial charge >= 0.3 is 6.18 Å². The van der Waals surface area contributed by atoms with E-state index in [1.165, 1.54) is 12.1 Å². The van der Waals surface area contributed by atoms with Crippen LogP contribution in [0.25, 0.3) is 0 Å². The fraction of sp³-hybridized carbons (Fsp3) is 0.500. The number of aliphatic hydroxyl groups excluding tert-OH is 1. The molecular weight excluding hydrogens is 459 g/mol. The van der Waals surface area contributed by atoms with Crippen molar-refractivity contribution in [2.45, 2.75) is 38.7 Å². The monoisotopic (exact) mass is 493 g/mol. The third kappa shape index (κ3) is 6.27. The second-order valence-corrected chi connectivity index (χ2v) is 9.56. The Bertz CT molecular complexity index is 1010. The van der Waals surface area contributed by atoms with Crippen molar-refractivity contribution in [3.63, 3.8) is 0 Å². The van der Waals surface area contributed by atoms with Crippen LogP contribution < -0.4 is 9.64 Å². The van der Waals surface area contributed by atoms with E-state index in [4.69, 9.17) is 4.74 Å². The summed E-state index contributed by atoms with van der Waals surface area (Å²) < 4.78 is 45.2. The molecule has 1 amide bonds. The van der Waals surface area contributed by atoms with Gasteiger partial charge < -0.3 is 19.6 Å². The summed E-state index contributed by atoms with van der Waals surface area (Å²) in [4.78, 5) is 19.0. The predicted octanol–water partition coefficient (Wildman–Crippen LogP) is 4.12. The van der Waals surface area contributed by atoms with Gasteiger partial charge in [0, 0.05) is 39.6 Å². The van der Waals surface area contributed by atoms with Gasteiger partial charge in [-0.3, -0.25) is 9.69 Å². The fourth-order valence-corrected chi connectivity index (χ4v) is 4.28. The molecule has 2 aromatic carbocycles. The van der Waals surface area contributed by atoms with E-state index in [1.807, 2.05) is 56.9 Å². The smallest absolute Gasteiger partial charge is 0.416 e. The molecule has 35 heavy (non-hydrogen) atoms. The molecule has 0 aromatic heterocycles. The first-order chi connectivity index (χ1) is 16.4. The van der Waals surface area contributed by atoms with Gasteiger partial charge in [0.1, 0.15) is 6.10 Å². The van der Waals surface area contributed by atoms with E-state index in [0.29, 0.717) is 30.9 Å². The molecule has 1 aliphatic heterocycles. The van der Waals surface area contributed by atoms with Crippen molar-refractivity contribution in [2.75, 3.05) is 45.7 Å². The first-order valence-corrected chi connectivity index (χ1v) is 11.7. The molecule has 1 N–H and O–H groups in total. The van der Waals surface area contributed by atoms with Crippen molar-refractivity contribution in [2.24, 2.45) is 5.92 Å². The number of aliphatic hydroxyl groups is 1. The molecule has 3 rings (SSSR count). The second-order valence-electron chi connectivity index (χ2n) is 9.56. The van der Waals surface area contributed by atoms with E-state index in [1.54, 1.807) is 11.0 Å². The lowest BCUT2D eigenvalue weighted by Crippen LogP contribution is -2.49. The Kier molecular flexibility index (Phi) is 8.33. The zero-order valence-electron chi connectivity index (χ0n) is 20.8. The van der Waals surface area contributed by atoms with Gasteiger partial charge in [-0.1, -0.05) is 25.1 Å². The van der Waals surface area contributed by atoms with Gasteiger partial charge in [-0.05, 0) is 43.8 Å². The minimum Gasteiger partial charge on any atom is -0.486 e. The molecule has 0 spiro atoms. The lowest BCUT2D eigenvalue weighted by Gasteiger charge is -2.39. The number of fused-ring (bicyclic) bond motifs is 1. The summed E-state index contributed by atoms with van der Waals surface area (Å²) in [6.07, 6.45) is -4.66. The number of halogens is 3. The van der Waals surface area contributed by atoms with Crippen LogP contribution in [0.15, 0.2) is 42.5 Å². The van der Waals surface area contributed by atoms with Crippen LogP contribution >= 0.6 is 0 Å². The summed E-state index contributed by atoms with van der Waals surface area (Å²) in [6.45, 7) is 5.02. The van der Waals surface area contributed by atoms with Crippen LogP contribution in [0.1, 0.15) is 35.3 Å². The molecule has 6 nitrogen and oxygen atoms in total. The number of ether oxygens (including phenoxy) is 1. The van der Waals surface area contributed by atoms with Gasteiger partial charge in [0.25, 0.3) is 5.91 Å². The van der Waals surface area contributed by atoms with Crippen LogP contribution in [-0.4, -0.2) is 73.8 Å². The van der Waals surface area contributed by atoms with Gasteiger partial charge in [0.2, 0.25) is 0 Å². The highest BCUT2D eigenvalue weighted by atomic mass is 19.4. The highest BCUT2D eigenvalue weighted by Gasteiger charge is 2.35. The van der Waals surface area contributed by atoms with Crippen molar-refractivity contribution >= 4 is 11.6 Å². The van der Waals surface area contributed by atoms with Gasteiger partial charge in [0.15, 0.2) is 5.75 Å². The standard InChI is InChI=1S/C26H34F3N3O3/c1-17-13-32(18(2)16-33)25(34)21-7-6-8-22(30(3)4)24(21)35-23(17)15-31(5)14-19-9-11-20(12-10-19)26(27,28)29/h6-12,17-18,23,33H,13-16H2,1-5H3/t17-,18+,23+/m0/s1. The Hall–Kier alpha value is -2.78. The largest absolute Gasteiger partial charge is 0.486 e. The second kappa shape index (κ2) is 10.9. The van der Waals surface area contributed by atoms with Crippen molar-refractivity contribution in [3.8, 4) is 5.75 Å². The normalized spacial score (nSPS) is 19.6. The van der Waals surface area contributed by atoms with Crippen LogP contribution in [0.3, 0.4) is 0 Å². The molecule has 9 heteroatoms. The van der Waals surface area contributed by atoms with E-state index >= 15 is 0 Å². The zero-order valence-corrected chi connectivity index (χ0v) is 20.8. The number of rotatable bonds is 7. The molecule has 0 saturated heterocycles. The van der Waals surface area contributed by atoms with Gasteiger partial charge in [-0.25, -0.2) is 0 Å². The number of benzene rings is 2. The Morgan fingerprint density at radius 1 is 1.14 bits per heavy atom. The van der Waals surface area contributed by atoms with Crippen molar-refractivity contribution in [1.82, 2.24) is 9.80 Å². The number of carbonyl (C=O) groups excluding carboxylic acids is 1. The van der Waals surface area contributed by atoms with Gasteiger partial charge in [0.05, 0.1) is 29.5 Å². The first kappa shape index (κ1) is 26.8. The molecule has 1 heterocycles. The SMILES string of the molecule is C[C@H](CO)N1C[C@H](C)[C@@H](CN(C)Cc2ccc(C(F)(F)F)cc2)Oc2c(cccc2N(C)C)C1=O.